The Hall–Kier alpha value is -1.32. The van der Waals surface area contributed by atoms with Gasteiger partial charge in [0.25, 0.3) is 0 Å². The van der Waals surface area contributed by atoms with Gasteiger partial charge in [0.05, 0.1) is 13.2 Å². The van der Waals surface area contributed by atoms with Crippen molar-refractivity contribution in [3.8, 4) is 0 Å². The topological polar surface area (TPSA) is 52.6 Å². The molecule has 86 valence electrons. The summed E-state index contributed by atoms with van der Waals surface area (Å²) < 4.78 is 9.59. The second-order valence-corrected chi connectivity index (χ2v) is 2.95. The number of rotatable bonds is 5. The van der Waals surface area contributed by atoms with Crippen LogP contribution in [0.1, 0.15) is 34.1 Å². The number of carbonyl (C=O) groups is 2. The molecule has 0 aromatic carbocycles. The maximum absolute atomic E-state index is 11.5. The number of allylic oxidation sites excluding steroid dienone is 1. The number of hydrogen-bond acceptors (Lipinski definition) is 4. The second kappa shape index (κ2) is 7.04. The summed E-state index contributed by atoms with van der Waals surface area (Å²) in [7, 11) is 0. The quantitative estimate of drug-likeness (QED) is 0.303. The lowest BCUT2D eigenvalue weighted by Gasteiger charge is -2.09. The van der Waals surface area contributed by atoms with Crippen molar-refractivity contribution < 1.29 is 19.1 Å². The van der Waals surface area contributed by atoms with Crippen LogP contribution in [-0.2, 0) is 19.1 Å². The van der Waals surface area contributed by atoms with E-state index in [4.69, 9.17) is 9.47 Å². The highest BCUT2D eigenvalue weighted by atomic mass is 16.6. The Morgan fingerprint density at radius 3 is 1.60 bits per heavy atom. The van der Waals surface area contributed by atoms with Crippen molar-refractivity contribution in [2.24, 2.45) is 0 Å². The van der Waals surface area contributed by atoms with Crippen molar-refractivity contribution >= 4 is 11.9 Å². The van der Waals surface area contributed by atoms with Gasteiger partial charge in [-0.25, -0.2) is 9.59 Å². The maximum atomic E-state index is 11.5. The number of hydrogen-bond donors (Lipinski definition) is 0. The fraction of sp³-hybridized carbons (Fsp3) is 0.636. The summed E-state index contributed by atoms with van der Waals surface area (Å²) in [5.41, 5.74) is 0.716. The first-order chi connectivity index (χ1) is 7.08. The largest absolute Gasteiger partial charge is 0.462 e. The minimum atomic E-state index is -0.602. The van der Waals surface area contributed by atoms with Gasteiger partial charge in [0.15, 0.2) is 0 Å². The van der Waals surface area contributed by atoms with Crippen LogP contribution in [-0.4, -0.2) is 25.2 Å². The monoisotopic (exact) mass is 214 g/mol. The molecule has 15 heavy (non-hydrogen) atoms. The lowest BCUT2D eigenvalue weighted by atomic mass is 10.1. The zero-order chi connectivity index (χ0) is 11.8. The van der Waals surface area contributed by atoms with Crippen molar-refractivity contribution in [3.05, 3.63) is 11.1 Å². The van der Waals surface area contributed by atoms with Crippen LogP contribution >= 0.6 is 0 Å². The highest BCUT2D eigenvalue weighted by Crippen LogP contribution is 2.12. The molecule has 0 unspecified atom stereocenters. The predicted molar refractivity (Wildman–Crippen MR) is 56.3 cm³/mol. The third kappa shape index (κ3) is 4.14. The smallest absolute Gasteiger partial charge is 0.345 e. The lowest BCUT2D eigenvalue weighted by molar-refractivity contribution is -0.146. The molecule has 0 bridgehead atoms. The van der Waals surface area contributed by atoms with E-state index in [0.29, 0.717) is 12.0 Å². The first kappa shape index (κ1) is 13.7. The Morgan fingerprint density at radius 1 is 0.933 bits per heavy atom. The zero-order valence-corrected chi connectivity index (χ0v) is 9.75. The number of ether oxygens (including phenoxy) is 2. The Balaban J connectivity index is 4.90. The van der Waals surface area contributed by atoms with Gasteiger partial charge in [-0.1, -0.05) is 12.5 Å². The molecule has 0 N–H and O–H groups in total. The average molecular weight is 214 g/mol. The molecule has 0 aliphatic carbocycles. The van der Waals surface area contributed by atoms with Crippen molar-refractivity contribution in [3.63, 3.8) is 0 Å². The molecule has 4 nitrogen and oxygen atoms in total. The Kier molecular flexibility index (Phi) is 6.42. The summed E-state index contributed by atoms with van der Waals surface area (Å²) in [5, 5.41) is 0. The molecule has 4 heteroatoms. The second-order valence-electron chi connectivity index (χ2n) is 2.95. The van der Waals surface area contributed by atoms with Crippen LogP contribution in [0.4, 0.5) is 0 Å². The fourth-order valence-corrected chi connectivity index (χ4v) is 1.02. The summed E-state index contributed by atoms with van der Waals surface area (Å²) >= 11 is 0. The van der Waals surface area contributed by atoms with Crippen LogP contribution < -0.4 is 0 Å². The summed E-state index contributed by atoms with van der Waals surface area (Å²) in [5.74, 6) is -1.20. The summed E-state index contributed by atoms with van der Waals surface area (Å²) in [4.78, 5) is 23.0. The normalized spacial score (nSPS) is 9.33. The Bertz CT molecular complexity index is 246. The first-order valence-corrected chi connectivity index (χ1v) is 5.12. The van der Waals surface area contributed by atoms with Crippen LogP contribution in [0.5, 0.6) is 0 Å². The molecule has 0 rings (SSSR count). The van der Waals surface area contributed by atoms with Crippen LogP contribution in [0.2, 0.25) is 0 Å². The number of esters is 2. The molecule has 0 aromatic rings. The van der Waals surface area contributed by atoms with E-state index in [2.05, 4.69) is 0 Å². The number of carbonyl (C=O) groups excluding carboxylic acids is 2. The maximum Gasteiger partial charge on any atom is 0.345 e. The molecule has 0 fully saturated rings. The van der Waals surface area contributed by atoms with Gasteiger partial charge < -0.3 is 9.47 Å². The van der Waals surface area contributed by atoms with E-state index in [1.165, 1.54) is 0 Å². The van der Waals surface area contributed by atoms with Crippen molar-refractivity contribution in [1.82, 2.24) is 0 Å². The molecular weight excluding hydrogens is 196 g/mol. The van der Waals surface area contributed by atoms with Gasteiger partial charge in [-0.15, -0.1) is 0 Å². The van der Waals surface area contributed by atoms with Crippen LogP contribution in [0, 0.1) is 0 Å². The molecule has 0 radical (unpaired) electrons. The Labute approximate surface area is 90.2 Å². The average Bonchev–Trinajstić information content (AvgIpc) is 2.18. The standard InChI is InChI=1S/C11H18O4/c1-5-8(4)9(10(12)14-6-2)11(13)15-7-3/h5-7H2,1-4H3. The highest BCUT2D eigenvalue weighted by Gasteiger charge is 2.22. The van der Waals surface area contributed by atoms with Gasteiger partial charge in [0.2, 0.25) is 0 Å². The van der Waals surface area contributed by atoms with Gasteiger partial charge >= 0.3 is 11.9 Å². The van der Waals surface area contributed by atoms with Gasteiger partial charge in [0, 0.05) is 0 Å². The van der Waals surface area contributed by atoms with E-state index in [9.17, 15) is 9.59 Å². The molecule has 0 aliphatic heterocycles. The third-order valence-corrected chi connectivity index (χ3v) is 1.92. The summed E-state index contributed by atoms with van der Waals surface area (Å²) in [6, 6.07) is 0. The first-order valence-electron chi connectivity index (χ1n) is 5.12. The molecule has 0 saturated heterocycles. The molecule has 0 aromatic heterocycles. The SMILES string of the molecule is CCOC(=O)C(C(=O)OCC)=C(C)CC. The van der Waals surface area contributed by atoms with Gasteiger partial charge in [0.1, 0.15) is 5.57 Å². The van der Waals surface area contributed by atoms with E-state index < -0.39 is 11.9 Å². The molecular formula is C11H18O4. The van der Waals surface area contributed by atoms with Crippen molar-refractivity contribution in [1.29, 1.82) is 0 Å². The van der Waals surface area contributed by atoms with E-state index in [1.807, 2.05) is 6.92 Å². The van der Waals surface area contributed by atoms with Crippen molar-refractivity contribution in [2.45, 2.75) is 34.1 Å². The predicted octanol–water partition coefficient (Wildman–Crippen LogP) is 1.84. The fourth-order valence-electron chi connectivity index (χ4n) is 1.02. The summed E-state index contributed by atoms with van der Waals surface area (Å²) in [6.07, 6.45) is 0.618. The van der Waals surface area contributed by atoms with Gasteiger partial charge in [-0.2, -0.15) is 0 Å². The molecule has 0 saturated carbocycles. The molecule has 0 spiro atoms. The molecule has 0 aliphatic rings. The highest BCUT2D eigenvalue weighted by molar-refractivity contribution is 6.14. The van der Waals surface area contributed by atoms with E-state index in [-0.39, 0.29) is 18.8 Å². The van der Waals surface area contributed by atoms with Crippen LogP contribution in [0.25, 0.3) is 0 Å². The van der Waals surface area contributed by atoms with Crippen LogP contribution in [0.15, 0.2) is 11.1 Å². The van der Waals surface area contributed by atoms with E-state index in [0.717, 1.165) is 0 Å². The summed E-state index contributed by atoms with van der Waals surface area (Å²) in [6.45, 7) is 7.48. The molecule has 0 atom stereocenters. The minimum Gasteiger partial charge on any atom is -0.462 e. The van der Waals surface area contributed by atoms with Crippen LogP contribution in [0.3, 0.4) is 0 Å². The Morgan fingerprint density at radius 2 is 1.33 bits per heavy atom. The third-order valence-electron chi connectivity index (χ3n) is 1.92. The zero-order valence-electron chi connectivity index (χ0n) is 9.75. The minimum absolute atomic E-state index is 0.0289. The van der Waals surface area contributed by atoms with E-state index in [1.54, 1.807) is 20.8 Å². The molecule has 0 heterocycles. The lowest BCUT2D eigenvalue weighted by Crippen LogP contribution is -2.20. The van der Waals surface area contributed by atoms with E-state index >= 15 is 0 Å². The van der Waals surface area contributed by atoms with Gasteiger partial charge in [-0.05, 0) is 27.2 Å². The van der Waals surface area contributed by atoms with Crippen molar-refractivity contribution in [2.75, 3.05) is 13.2 Å². The van der Waals surface area contributed by atoms with Gasteiger partial charge in [-0.3, -0.25) is 0 Å². The molecule has 0 amide bonds.